The van der Waals surface area contributed by atoms with Crippen LogP contribution in [0.15, 0.2) is 41.0 Å². The van der Waals surface area contributed by atoms with Crippen molar-refractivity contribution in [3.8, 4) is 11.5 Å². The number of aromatic hydroxyl groups is 2. The van der Waals surface area contributed by atoms with Crippen LogP contribution in [0.4, 0.5) is 0 Å². The summed E-state index contributed by atoms with van der Waals surface area (Å²) in [7, 11) is 0. The Morgan fingerprint density at radius 1 is 1.19 bits per heavy atom. The Morgan fingerprint density at radius 3 is 2.58 bits per heavy atom. The van der Waals surface area contributed by atoms with E-state index in [-0.39, 0.29) is 47.5 Å². The number of Topliss-reactive ketones (excluding diaryl/α,β-unsaturated/α-hetero) is 2. The normalized spacial score (nSPS) is 30.9. The third-order valence-corrected chi connectivity index (χ3v) is 6.43. The second kappa shape index (κ2) is 7.15. The first-order valence-electron chi connectivity index (χ1n) is 10.2. The van der Waals surface area contributed by atoms with Crippen LogP contribution in [0, 0.1) is 0 Å². The third kappa shape index (κ3) is 3.15. The second-order valence-electron chi connectivity index (χ2n) is 9.02. The highest BCUT2D eigenvalue weighted by molar-refractivity contribution is 6.28. The van der Waals surface area contributed by atoms with E-state index in [1.807, 2.05) is 13.0 Å². The maximum absolute atomic E-state index is 13.7. The van der Waals surface area contributed by atoms with Crippen molar-refractivity contribution in [1.82, 2.24) is 0 Å². The number of allylic oxidation sites excluding steroid dienone is 2. The second-order valence-corrected chi connectivity index (χ2v) is 9.02. The largest absolute Gasteiger partial charge is 0.507 e. The minimum absolute atomic E-state index is 0.0117. The number of hydrogen-bond donors (Lipinski definition) is 4. The number of hydrogen-bond acceptors (Lipinski definition) is 7. The molecular formula is C24H26O7. The fourth-order valence-corrected chi connectivity index (χ4v) is 4.49. The van der Waals surface area contributed by atoms with Crippen LogP contribution in [0.25, 0.3) is 0 Å². The molecule has 0 saturated heterocycles. The van der Waals surface area contributed by atoms with Gasteiger partial charge in [-0.25, -0.2) is 0 Å². The molecule has 31 heavy (non-hydrogen) atoms. The molecule has 0 unspecified atom stereocenters. The van der Waals surface area contributed by atoms with Crippen molar-refractivity contribution in [2.45, 2.75) is 57.3 Å². The SMILES string of the molecule is C/C1=C/C[C@@]23OC(C)(C)[C@@H](O)C=C2C(=O)c2c(cc(O)c(c2O)C/C(CO)=C\C1)C3=O. The van der Waals surface area contributed by atoms with Gasteiger partial charge in [0.25, 0.3) is 0 Å². The molecule has 4 bridgehead atoms. The van der Waals surface area contributed by atoms with Gasteiger partial charge in [-0.15, -0.1) is 0 Å². The van der Waals surface area contributed by atoms with Crippen LogP contribution < -0.4 is 0 Å². The first-order valence-corrected chi connectivity index (χ1v) is 10.2. The first kappa shape index (κ1) is 21.5. The number of phenols is 2. The van der Waals surface area contributed by atoms with Gasteiger partial charge in [-0.2, -0.15) is 0 Å². The summed E-state index contributed by atoms with van der Waals surface area (Å²) in [6.07, 6.45) is 4.38. The van der Waals surface area contributed by atoms with Crippen LogP contribution in [0.3, 0.4) is 0 Å². The maximum Gasteiger partial charge on any atom is 0.200 e. The standard InChI is InChI=1S/C24H26O7/c1-12-4-5-13(11-25)8-14-17(26)9-15-19(20(14)28)21(29)16-10-18(27)23(2,3)31-24(16,7-6-12)22(15)30/h5-6,9-10,18,25-28H,4,7-8,11H2,1-3H3/b12-6-,13-5+/t18-,24+/m0/s1. The molecule has 1 aromatic rings. The van der Waals surface area contributed by atoms with Crippen molar-refractivity contribution in [3.05, 3.63) is 57.7 Å². The number of carbonyl (C=O) groups excluding carboxylic acids is 2. The molecule has 1 aliphatic heterocycles. The molecule has 4 N–H and O–H groups in total. The van der Waals surface area contributed by atoms with Gasteiger partial charge in [-0.1, -0.05) is 17.7 Å². The van der Waals surface area contributed by atoms with Gasteiger partial charge >= 0.3 is 0 Å². The third-order valence-electron chi connectivity index (χ3n) is 6.43. The number of carbonyl (C=O) groups is 2. The van der Waals surface area contributed by atoms with Gasteiger partial charge in [0.15, 0.2) is 11.4 Å². The number of ketones is 2. The molecule has 1 heterocycles. The Morgan fingerprint density at radius 2 is 1.90 bits per heavy atom. The molecule has 7 heteroatoms. The van der Waals surface area contributed by atoms with Crippen LogP contribution in [0.5, 0.6) is 11.5 Å². The lowest BCUT2D eigenvalue weighted by atomic mass is 9.69. The monoisotopic (exact) mass is 426 g/mol. The summed E-state index contributed by atoms with van der Waals surface area (Å²) >= 11 is 0. The van der Waals surface area contributed by atoms with Crippen molar-refractivity contribution in [2.75, 3.05) is 6.61 Å². The number of aliphatic hydroxyl groups excluding tert-OH is 2. The van der Waals surface area contributed by atoms with E-state index in [9.17, 15) is 30.0 Å². The Labute approximate surface area is 180 Å². The predicted octanol–water partition coefficient (Wildman–Crippen LogP) is 2.51. The van der Waals surface area contributed by atoms with Crippen LogP contribution in [-0.4, -0.2) is 55.9 Å². The fourth-order valence-electron chi connectivity index (χ4n) is 4.49. The minimum atomic E-state index is -1.67. The number of fused-ring (bicyclic) bond motifs is 1. The van der Waals surface area contributed by atoms with Crippen molar-refractivity contribution < 1.29 is 34.8 Å². The van der Waals surface area contributed by atoms with Crippen molar-refractivity contribution in [3.63, 3.8) is 0 Å². The van der Waals surface area contributed by atoms with Crippen LogP contribution in [-0.2, 0) is 11.2 Å². The summed E-state index contributed by atoms with van der Waals surface area (Å²) in [6, 6.07) is 1.19. The van der Waals surface area contributed by atoms with Crippen molar-refractivity contribution in [1.29, 1.82) is 0 Å². The summed E-state index contributed by atoms with van der Waals surface area (Å²) in [6.45, 7) is 4.86. The van der Waals surface area contributed by atoms with Gasteiger partial charge in [0.2, 0.25) is 5.78 Å². The lowest BCUT2D eigenvalue weighted by molar-refractivity contribution is -0.150. The number of benzene rings is 1. The Bertz CT molecular complexity index is 1090. The van der Waals surface area contributed by atoms with Gasteiger partial charge in [0.05, 0.1) is 17.8 Å². The number of aliphatic hydroxyl groups is 2. The fraction of sp³-hybridized carbons (Fsp3) is 0.417. The molecule has 1 aromatic carbocycles. The van der Waals surface area contributed by atoms with Crippen LogP contribution >= 0.6 is 0 Å². The molecule has 0 radical (unpaired) electrons. The molecule has 0 amide bonds. The van der Waals surface area contributed by atoms with Crippen molar-refractivity contribution >= 4 is 11.6 Å². The molecule has 5 aliphatic rings. The minimum Gasteiger partial charge on any atom is -0.507 e. The quantitative estimate of drug-likeness (QED) is 0.509. The number of phenolic OH excluding ortho intramolecular Hbond substituents is 2. The van der Waals surface area contributed by atoms with Crippen LogP contribution in [0.1, 0.15) is 59.9 Å². The molecule has 7 nitrogen and oxygen atoms in total. The summed E-state index contributed by atoms with van der Waals surface area (Å²) < 4.78 is 6.16. The van der Waals surface area contributed by atoms with Gasteiger partial charge in [-0.05, 0) is 44.9 Å². The summed E-state index contributed by atoms with van der Waals surface area (Å²) in [5, 5.41) is 41.8. The topological polar surface area (TPSA) is 124 Å². The van der Waals surface area contributed by atoms with Crippen LogP contribution in [0.2, 0.25) is 0 Å². The Hall–Kier alpha value is -2.74. The van der Waals surface area contributed by atoms with Gasteiger partial charge in [-0.3, -0.25) is 9.59 Å². The maximum atomic E-state index is 13.7. The zero-order valence-corrected chi connectivity index (χ0v) is 17.7. The van der Waals surface area contributed by atoms with E-state index >= 15 is 0 Å². The highest BCUT2D eigenvalue weighted by Gasteiger charge is 2.57. The molecule has 4 aliphatic carbocycles. The zero-order valence-electron chi connectivity index (χ0n) is 17.7. The van der Waals surface area contributed by atoms with E-state index in [0.717, 1.165) is 5.57 Å². The van der Waals surface area contributed by atoms with E-state index in [4.69, 9.17) is 4.74 Å². The Kier molecular flexibility index (Phi) is 4.96. The highest BCUT2D eigenvalue weighted by Crippen LogP contribution is 2.49. The van der Waals surface area contributed by atoms with E-state index in [0.29, 0.717) is 12.0 Å². The summed E-state index contributed by atoms with van der Waals surface area (Å²) in [4.78, 5) is 27.3. The smallest absolute Gasteiger partial charge is 0.200 e. The average molecular weight is 426 g/mol. The Balaban J connectivity index is 2.07. The van der Waals surface area contributed by atoms with Gasteiger partial charge < -0.3 is 25.2 Å². The molecule has 0 aromatic heterocycles. The zero-order chi connectivity index (χ0) is 22.7. The first-order chi connectivity index (χ1) is 14.5. The van der Waals surface area contributed by atoms with E-state index < -0.39 is 34.6 Å². The summed E-state index contributed by atoms with van der Waals surface area (Å²) in [5.74, 6) is -2.00. The highest BCUT2D eigenvalue weighted by atomic mass is 16.5. The molecule has 6 rings (SSSR count). The number of ether oxygens (including phenoxy) is 1. The summed E-state index contributed by atoms with van der Waals surface area (Å²) in [5.41, 5.74) is -1.63. The molecular weight excluding hydrogens is 400 g/mol. The van der Waals surface area contributed by atoms with Gasteiger partial charge in [0, 0.05) is 29.5 Å². The van der Waals surface area contributed by atoms with E-state index in [2.05, 4.69) is 0 Å². The number of rotatable bonds is 1. The molecule has 0 saturated carbocycles. The van der Waals surface area contributed by atoms with E-state index in [1.165, 1.54) is 12.1 Å². The molecule has 2 atom stereocenters. The van der Waals surface area contributed by atoms with Gasteiger partial charge in [0.1, 0.15) is 17.6 Å². The molecule has 164 valence electrons. The lowest BCUT2D eigenvalue weighted by Gasteiger charge is -2.48. The lowest BCUT2D eigenvalue weighted by Crippen LogP contribution is -2.59. The predicted molar refractivity (Wildman–Crippen MR) is 112 cm³/mol. The van der Waals surface area contributed by atoms with Crippen molar-refractivity contribution in [2.24, 2.45) is 0 Å². The van der Waals surface area contributed by atoms with E-state index in [1.54, 1.807) is 19.9 Å². The molecule has 0 fully saturated rings. The molecule has 1 spiro atoms. The average Bonchev–Trinajstić information content (AvgIpc) is 2.71.